The summed E-state index contributed by atoms with van der Waals surface area (Å²) in [6.07, 6.45) is 1.58. The third kappa shape index (κ3) is 2.33. The van der Waals surface area contributed by atoms with E-state index in [-0.39, 0.29) is 5.82 Å². The van der Waals surface area contributed by atoms with E-state index in [2.05, 4.69) is 16.4 Å². The van der Waals surface area contributed by atoms with Crippen LogP contribution in [0, 0.1) is 12.7 Å². The second-order valence-electron chi connectivity index (χ2n) is 3.21. The van der Waals surface area contributed by atoms with Crippen LogP contribution in [-0.4, -0.2) is 4.98 Å². The highest BCUT2D eigenvalue weighted by Crippen LogP contribution is 2.17. The molecule has 0 radical (unpaired) electrons. The standard InChI is InChI=1S/C11H11FN2S/c1-8-4-6-15-10(8)7-14-11-9(12)3-2-5-13-11/h2-6H,7H2,1H3,(H,13,14). The van der Waals surface area contributed by atoms with E-state index in [0.717, 1.165) is 0 Å². The highest BCUT2D eigenvalue weighted by atomic mass is 32.1. The van der Waals surface area contributed by atoms with E-state index >= 15 is 0 Å². The summed E-state index contributed by atoms with van der Waals surface area (Å²) in [7, 11) is 0. The van der Waals surface area contributed by atoms with Crippen molar-refractivity contribution in [2.24, 2.45) is 0 Å². The first-order valence-electron chi connectivity index (χ1n) is 4.65. The van der Waals surface area contributed by atoms with E-state index in [4.69, 9.17) is 0 Å². The van der Waals surface area contributed by atoms with Crippen molar-refractivity contribution >= 4 is 17.2 Å². The van der Waals surface area contributed by atoms with Crippen LogP contribution in [0.15, 0.2) is 29.8 Å². The Morgan fingerprint density at radius 1 is 1.47 bits per heavy atom. The number of aromatic nitrogens is 1. The van der Waals surface area contributed by atoms with E-state index in [1.165, 1.54) is 16.5 Å². The van der Waals surface area contributed by atoms with Crippen LogP contribution in [0.2, 0.25) is 0 Å². The molecular formula is C11H11FN2S. The van der Waals surface area contributed by atoms with Crippen molar-refractivity contribution in [2.45, 2.75) is 13.5 Å². The fourth-order valence-corrected chi connectivity index (χ4v) is 2.11. The van der Waals surface area contributed by atoms with Gasteiger partial charge in [0.1, 0.15) is 0 Å². The van der Waals surface area contributed by atoms with E-state index in [9.17, 15) is 4.39 Å². The first-order chi connectivity index (χ1) is 7.27. The number of thiophene rings is 1. The zero-order valence-electron chi connectivity index (χ0n) is 8.33. The van der Waals surface area contributed by atoms with Crippen LogP contribution in [0.4, 0.5) is 10.2 Å². The van der Waals surface area contributed by atoms with Gasteiger partial charge in [-0.3, -0.25) is 0 Å². The van der Waals surface area contributed by atoms with E-state index in [1.54, 1.807) is 23.6 Å². The van der Waals surface area contributed by atoms with E-state index in [0.29, 0.717) is 12.4 Å². The summed E-state index contributed by atoms with van der Waals surface area (Å²) in [5, 5.41) is 5.01. The minimum atomic E-state index is -0.313. The molecule has 0 spiro atoms. The fraction of sp³-hybridized carbons (Fsp3) is 0.182. The molecule has 78 valence electrons. The largest absolute Gasteiger partial charge is 0.363 e. The lowest BCUT2D eigenvalue weighted by atomic mass is 10.3. The number of nitrogens with zero attached hydrogens (tertiary/aromatic N) is 1. The predicted octanol–water partition coefficient (Wildman–Crippen LogP) is 3.20. The highest BCUT2D eigenvalue weighted by molar-refractivity contribution is 7.10. The third-order valence-corrected chi connectivity index (χ3v) is 3.17. The molecule has 0 aliphatic heterocycles. The Labute approximate surface area is 91.8 Å². The van der Waals surface area contributed by atoms with Gasteiger partial charge in [-0.15, -0.1) is 11.3 Å². The molecule has 0 saturated heterocycles. The lowest BCUT2D eigenvalue weighted by Crippen LogP contribution is -2.02. The first kappa shape index (κ1) is 10.1. The molecule has 0 aromatic carbocycles. The van der Waals surface area contributed by atoms with Crippen LogP contribution in [-0.2, 0) is 6.54 Å². The van der Waals surface area contributed by atoms with Gasteiger partial charge in [0.2, 0.25) is 0 Å². The molecule has 4 heteroatoms. The average Bonchev–Trinajstić information content (AvgIpc) is 2.63. The SMILES string of the molecule is Cc1ccsc1CNc1ncccc1F. The van der Waals surface area contributed by atoms with Gasteiger partial charge in [0.15, 0.2) is 11.6 Å². The summed E-state index contributed by atoms with van der Waals surface area (Å²) in [4.78, 5) is 5.13. The summed E-state index contributed by atoms with van der Waals surface area (Å²) >= 11 is 1.66. The van der Waals surface area contributed by atoms with Gasteiger partial charge >= 0.3 is 0 Å². The van der Waals surface area contributed by atoms with Crippen molar-refractivity contribution in [3.63, 3.8) is 0 Å². The molecule has 2 aromatic heterocycles. The monoisotopic (exact) mass is 222 g/mol. The van der Waals surface area contributed by atoms with Gasteiger partial charge in [-0.25, -0.2) is 9.37 Å². The number of pyridine rings is 1. The quantitative estimate of drug-likeness (QED) is 0.862. The molecule has 15 heavy (non-hydrogen) atoms. The van der Waals surface area contributed by atoms with Gasteiger partial charge < -0.3 is 5.32 Å². The van der Waals surface area contributed by atoms with Crippen LogP contribution in [0.3, 0.4) is 0 Å². The Morgan fingerprint density at radius 2 is 2.33 bits per heavy atom. The van der Waals surface area contributed by atoms with Crippen LogP contribution in [0.25, 0.3) is 0 Å². The van der Waals surface area contributed by atoms with Crippen molar-refractivity contribution < 1.29 is 4.39 Å². The first-order valence-corrected chi connectivity index (χ1v) is 5.52. The number of hydrogen-bond acceptors (Lipinski definition) is 3. The predicted molar refractivity (Wildman–Crippen MR) is 60.6 cm³/mol. The van der Waals surface area contributed by atoms with Crippen molar-refractivity contribution in [3.8, 4) is 0 Å². The van der Waals surface area contributed by atoms with Crippen molar-refractivity contribution in [1.29, 1.82) is 0 Å². The lowest BCUT2D eigenvalue weighted by molar-refractivity contribution is 0.624. The molecule has 1 N–H and O–H groups in total. The molecule has 0 atom stereocenters. The third-order valence-electron chi connectivity index (χ3n) is 2.14. The highest BCUT2D eigenvalue weighted by Gasteiger charge is 2.03. The summed E-state index contributed by atoms with van der Waals surface area (Å²) in [5.74, 6) is -0.00277. The molecule has 0 bridgehead atoms. The maximum absolute atomic E-state index is 13.2. The zero-order valence-corrected chi connectivity index (χ0v) is 9.14. The summed E-state index contributed by atoms with van der Waals surface area (Å²) in [6, 6.07) is 5.03. The zero-order chi connectivity index (χ0) is 10.7. The summed E-state index contributed by atoms with van der Waals surface area (Å²) in [5.41, 5.74) is 1.23. The minimum Gasteiger partial charge on any atom is -0.363 e. The molecule has 0 aliphatic rings. The Bertz CT molecular complexity index is 453. The van der Waals surface area contributed by atoms with Crippen LogP contribution < -0.4 is 5.32 Å². The fourth-order valence-electron chi connectivity index (χ4n) is 1.26. The van der Waals surface area contributed by atoms with Gasteiger partial charge in [-0.2, -0.15) is 0 Å². The topological polar surface area (TPSA) is 24.9 Å². The molecule has 2 heterocycles. The number of aryl methyl sites for hydroxylation is 1. The second-order valence-corrected chi connectivity index (χ2v) is 4.21. The van der Waals surface area contributed by atoms with Crippen LogP contribution in [0.5, 0.6) is 0 Å². The maximum atomic E-state index is 13.2. The van der Waals surface area contributed by atoms with Crippen molar-refractivity contribution in [2.75, 3.05) is 5.32 Å². The molecule has 0 unspecified atom stereocenters. The van der Waals surface area contributed by atoms with Crippen LogP contribution >= 0.6 is 11.3 Å². The number of halogens is 1. The average molecular weight is 222 g/mol. The van der Waals surface area contributed by atoms with Crippen LogP contribution in [0.1, 0.15) is 10.4 Å². The number of nitrogens with one attached hydrogen (secondary N) is 1. The molecule has 2 rings (SSSR count). The Balaban J connectivity index is 2.06. The molecule has 0 saturated carbocycles. The van der Waals surface area contributed by atoms with Gasteiger partial charge in [-0.1, -0.05) is 0 Å². The Kier molecular flexibility index (Phi) is 2.97. The molecule has 0 amide bonds. The molecule has 2 aromatic rings. The van der Waals surface area contributed by atoms with Gasteiger partial charge in [0.25, 0.3) is 0 Å². The second kappa shape index (κ2) is 4.40. The van der Waals surface area contributed by atoms with E-state index in [1.807, 2.05) is 12.3 Å². The van der Waals surface area contributed by atoms with Crippen molar-refractivity contribution in [3.05, 3.63) is 46.0 Å². The number of hydrogen-bond donors (Lipinski definition) is 1. The Morgan fingerprint density at radius 3 is 3.00 bits per heavy atom. The number of anilines is 1. The molecule has 0 aliphatic carbocycles. The Hall–Kier alpha value is -1.42. The summed E-state index contributed by atoms with van der Waals surface area (Å²) < 4.78 is 13.2. The lowest BCUT2D eigenvalue weighted by Gasteiger charge is -2.05. The normalized spacial score (nSPS) is 10.3. The number of rotatable bonds is 3. The van der Waals surface area contributed by atoms with Crippen molar-refractivity contribution in [1.82, 2.24) is 4.98 Å². The van der Waals surface area contributed by atoms with E-state index < -0.39 is 0 Å². The smallest absolute Gasteiger partial charge is 0.165 e. The minimum absolute atomic E-state index is 0.310. The van der Waals surface area contributed by atoms with Gasteiger partial charge in [0, 0.05) is 11.1 Å². The summed E-state index contributed by atoms with van der Waals surface area (Å²) in [6.45, 7) is 2.67. The van der Waals surface area contributed by atoms with Gasteiger partial charge in [0.05, 0.1) is 6.54 Å². The van der Waals surface area contributed by atoms with Gasteiger partial charge in [-0.05, 0) is 36.1 Å². The molecule has 2 nitrogen and oxygen atoms in total. The maximum Gasteiger partial charge on any atom is 0.165 e. The molecule has 0 fully saturated rings. The molecular weight excluding hydrogens is 211 g/mol.